The lowest BCUT2D eigenvalue weighted by Crippen LogP contribution is -2.15. The zero-order valence-corrected chi connectivity index (χ0v) is 15.8. The summed E-state index contributed by atoms with van der Waals surface area (Å²) in [5.74, 6) is 2.85. The highest BCUT2D eigenvalue weighted by Gasteiger charge is 2.20. The third-order valence-corrected chi connectivity index (χ3v) is 5.31. The van der Waals surface area contributed by atoms with Crippen molar-refractivity contribution in [1.29, 1.82) is 0 Å². The summed E-state index contributed by atoms with van der Waals surface area (Å²) in [4.78, 5) is 3.94. The van der Waals surface area contributed by atoms with Crippen molar-refractivity contribution in [1.82, 2.24) is 0 Å². The van der Waals surface area contributed by atoms with Crippen molar-refractivity contribution < 1.29 is 4.74 Å². The first kappa shape index (κ1) is 19.1. The van der Waals surface area contributed by atoms with Crippen LogP contribution in [0.1, 0.15) is 71.1 Å². The van der Waals surface area contributed by atoms with Crippen molar-refractivity contribution in [2.75, 3.05) is 6.61 Å². The second-order valence-corrected chi connectivity index (χ2v) is 7.25. The number of thiocarbonyl (C=S) groups is 1. The van der Waals surface area contributed by atoms with Gasteiger partial charge in [-0.15, -0.1) is 0 Å². The molecule has 2 nitrogen and oxygen atoms in total. The molecule has 1 fully saturated rings. The molecule has 0 aliphatic heterocycles. The van der Waals surface area contributed by atoms with E-state index in [1.54, 1.807) is 0 Å². The van der Waals surface area contributed by atoms with E-state index in [0.29, 0.717) is 0 Å². The predicted molar refractivity (Wildman–Crippen MR) is 105 cm³/mol. The number of ether oxygens (including phenoxy) is 1. The maximum absolute atomic E-state index is 5.83. The molecule has 0 bridgehead atoms. The summed E-state index contributed by atoms with van der Waals surface area (Å²) in [6, 6.07) is 7.73. The van der Waals surface area contributed by atoms with Gasteiger partial charge in [-0.2, -0.15) is 4.99 Å². The number of benzene rings is 1. The standard InChI is InChI=1S/C21H31NOS/c1-2-3-4-6-18-8-10-19(11-9-18)7-5-16-23-21-14-12-20(13-15-21)22-17-24/h12-15,18-19H,2-11,16H2,1H3/t18-,19-. The van der Waals surface area contributed by atoms with Gasteiger partial charge in [0.2, 0.25) is 0 Å². The SMILES string of the molecule is CCCCC[C@H]1CC[C@H](CCCOc2ccc(N=C=S)cc2)CC1. The molecule has 0 atom stereocenters. The number of rotatable bonds is 10. The summed E-state index contributed by atoms with van der Waals surface area (Å²) in [5, 5.41) is 2.38. The highest BCUT2D eigenvalue weighted by atomic mass is 32.1. The predicted octanol–water partition coefficient (Wildman–Crippen LogP) is 6.97. The Morgan fingerprint density at radius 1 is 1.00 bits per heavy atom. The van der Waals surface area contributed by atoms with Gasteiger partial charge in [-0.3, -0.25) is 0 Å². The third kappa shape index (κ3) is 7.15. The largest absolute Gasteiger partial charge is 0.494 e. The molecule has 1 saturated carbocycles. The fourth-order valence-electron chi connectivity index (χ4n) is 3.72. The molecule has 0 unspecified atom stereocenters. The maximum Gasteiger partial charge on any atom is 0.119 e. The molecule has 0 aromatic heterocycles. The Bertz CT molecular complexity index is 499. The highest BCUT2D eigenvalue weighted by molar-refractivity contribution is 7.78. The van der Waals surface area contributed by atoms with E-state index >= 15 is 0 Å². The van der Waals surface area contributed by atoms with Crippen LogP contribution in [0.25, 0.3) is 0 Å². The van der Waals surface area contributed by atoms with Crippen LogP contribution in [0.5, 0.6) is 5.75 Å². The fourth-order valence-corrected chi connectivity index (χ4v) is 3.83. The minimum atomic E-state index is 0.812. The first-order valence-corrected chi connectivity index (χ1v) is 10.0. The molecular weight excluding hydrogens is 314 g/mol. The van der Waals surface area contributed by atoms with Crippen molar-refractivity contribution in [3.8, 4) is 5.75 Å². The van der Waals surface area contributed by atoms with E-state index < -0.39 is 0 Å². The third-order valence-electron chi connectivity index (χ3n) is 5.22. The molecule has 2 rings (SSSR count). The van der Waals surface area contributed by atoms with Gasteiger partial charge in [0.25, 0.3) is 0 Å². The molecule has 1 aliphatic carbocycles. The normalized spacial score (nSPS) is 20.4. The monoisotopic (exact) mass is 345 g/mol. The zero-order chi connectivity index (χ0) is 17.0. The Morgan fingerprint density at radius 2 is 1.62 bits per heavy atom. The average molecular weight is 346 g/mol. The summed E-state index contributed by atoms with van der Waals surface area (Å²) in [6.07, 6.45) is 13.9. The Labute approximate surface area is 152 Å². The van der Waals surface area contributed by atoms with Gasteiger partial charge in [-0.25, -0.2) is 0 Å². The Kier molecular flexibility index (Phi) is 9.09. The second kappa shape index (κ2) is 11.4. The van der Waals surface area contributed by atoms with Gasteiger partial charge in [-0.05, 0) is 61.2 Å². The summed E-state index contributed by atoms with van der Waals surface area (Å²) < 4.78 is 5.83. The van der Waals surface area contributed by atoms with E-state index in [4.69, 9.17) is 4.74 Å². The summed E-state index contributed by atoms with van der Waals surface area (Å²) in [6.45, 7) is 3.10. The lowest BCUT2D eigenvalue weighted by molar-refractivity contribution is 0.228. The fraction of sp³-hybridized carbons (Fsp3) is 0.667. The molecule has 0 radical (unpaired) electrons. The number of isothiocyanates is 1. The first-order chi connectivity index (χ1) is 11.8. The molecule has 1 aromatic rings. The van der Waals surface area contributed by atoms with Crippen LogP contribution in [0.3, 0.4) is 0 Å². The molecular formula is C21H31NOS. The zero-order valence-electron chi connectivity index (χ0n) is 15.0. The Hall–Kier alpha value is -1.18. The van der Waals surface area contributed by atoms with Crippen molar-refractivity contribution >= 4 is 23.1 Å². The van der Waals surface area contributed by atoms with Gasteiger partial charge in [-0.1, -0.05) is 58.3 Å². The van der Waals surface area contributed by atoms with Crippen LogP contribution in [0.4, 0.5) is 5.69 Å². The van der Waals surface area contributed by atoms with Crippen molar-refractivity contribution in [2.24, 2.45) is 16.8 Å². The van der Waals surface area contributed by atoms with E-state index in [-0.39, 0.29) is 0 Å². The van der Waals surface area contributed by atoms with Crippen molar-refractivity contribution in [3.05, 3.63) is 24.3 Å². The molecule has 0 spiro atoms. The minimum Gasteiger partial charge on any atom is -0.494 e. The Morgan fingerprint density at radius 3 is 2.21 bits per heavy atom. The van der Waals surface area contributed by atoms with Gasteiger partial charge in [0.05, 0.1) is 17.5 Å². The van der Waals surface area contributed by atoms with E-state index in [1.807, 2.05) is 24.3 Å². The lowest BCUT2D eigenvalue weighted by atomic mass is 9.78. The maximum atomic E-state index is 5.83. The van der Waals surface area contributed by atoms with E-state index in [9.17, 15) is 0 Å². The van der Waals surface area contributed by atoms with Crippen molar-refractivity contribution in [2.45, 2.75) is 71.1 Å². The Balaban J connectivity index is 1.56. The summed E-state index contributed by atoms with van der Waals surface area (Å²) in [7, 11) is 0. The van der Waals surface area contributed by atoms with Gasteiger partial charge >= 0.3 is 0 Å². The molecule has 0 amide bonds. The average Bonchev–Trinajstić information content (AvgIpc) is 2.62. The van der Waals surface area contributed by atoms with Gasteiger partial charge in [0.15, 0.2) is 0 Å². The smallest absolute Gasteiger partial charge is 0.119 e. The van der Waals surface area contributed by atoms with Gasteiger partial charge in [0.1, 0.15) is 5.75 Å². The lowest BCUT2D eigenvalue weighted by Gasteiger charge is -2.28. The number of aliphatic imine (C=N–C) groups is 1. The molecule has 132 valence electrons. The van der Waals surface area contributed by atoms with E-state index in [1.165, 1.54) is 57.8 Å². The summed E-state index contributed by atoms with van der Waals surface area (Å²) >= 11 is 4.60. The van der Waals surface area contributed by atoms with E-state index in [0.717, 1.165) is 36.3 Å². The minimum absolute atomic E-state index is 0.812. The van der Waals surface area contributed by atoms with E-state index in [2.05, 4.69) is 29.3 Å². The molecule has 0 saturated heterocycles. The van der Waals surface area contributed by atoms with Crippen LogP contribution in [-0.4, -0.2) is 11.8 Å². The topological polar surface area (TPSA) is 21.6 Å². The van der Waals surface area contributed by atoms with Crippen LogP contribution in [0.2, 0.25) is 0 Å². The van der Waals surface area contributed by atoms with Crippen LogP contribution in [0, 0.1) is 11.8 Å². The quantitative estimate of drug-likeness (QED) is 0.259. The number of unbranched alkanes of at least 4 members (excludes halogenated alkanes) is 2. The van der Waals surface area contributed by atoms with Gasteiger partial charge in [0, 0.05) is 0 Å². The number of hydrogen-bond donors (Lipinski definition) is 0. The molecule has 24 heavy (non-hydrogen) atoms. The second-order valence-electron chi connectivity index (χ2n) is 7.07. The first-order valence-electron chi connectivity index (χ1n) is 9.62. The van der Waals surface area contributed by atoms with Crippen LogP contribution in [0.15, 0.2) is 29.3 Å². The van der Waals surface area contributed by atoms with Crippen LogP contribution < -0.4 is 4.74 Å². The van der Waals surface area contributed by atoms with Crippen LogP contribution >= 0.6 is 12.2 Å². The van der Waals surface area contributed by atoms with Crippen LogP contribution in [-0.2, 0) is 0 Å². The molecule has 1 aliphatic rings. The summed E-state index contributed by atoms with van der Waals surface area (Å²) in [5.41, 5.74) is 0.827. The molecule has 0 N–H and O–H groups in total. The number of hydrogen-bond acceptors (Lipinski definition) is 3. The number of nitrogens with zero attached hydrogens (tertiary/aromatic N) is 1. The molecule has 3 heteroatoms. The highest BCUT2D eigenvalue weighted by Crippen LogP contribution is 2.34. The molecule has 0 heterocycles. The van der Waals surface area contributed by atoms with Crippen molar-refractivity contribution in [3.63, 3.8) is 0 Å². The molecule has 1 aromatic carbocycles. The van der Waals surface area contributed by atoms with Gasteiger partial charge < -0.3 is 4.74 Å².